The van der Waals surface area contributed by atoms with Crippen molar-refractivity contribution in [3.8, 4) is 0 Å². The summed E-state index contributed by atoms with van der Waals surface area (Å²) in [5, 5.41) is 4.79. The van der Waals surface area contributed by atoms with Crippen LogP contribution in [0.15, 0.2) is 24.4 Å². The maximum atomic E-state index is 4.67. The molecule has 3 rings (SSSR count). The number of nitrogens with one attached hydrogen (secondary N) is 1. The van der Waals surface area contributed by atoms with E-state index in [1.807, 2.05) is 6.20 Å². The zero-order chi connectivity index (χ0) is 12.5. The molecule has 1 aromatic carbocycles. The van der Waals surface area contributed by atoms with Gasteiger partial charge in [-0.1, -0.05) is 11.6 Å². The molecule has 2 heteroatoms. The van der Waals surface area contributed by atoms with Crippen molar-refractivity contribution in [2.45, 2.75) is 32.6 Å². The number of aryl methyl sites for hydroxylation is 2. The maximum Gasteiger partial charge on any atom is 0.0737 e. The SMILES string of the molecule is Cc1cnc2c(C3CCCNC3)cc(C)cc2c1. The smallest absolute Gasteiger partial charge is 0.0737 e. The molecule has 0 saturated carbocycles. The molecule has 94 valence electrons. The highest BCUT2D eigenvalue weighted by Crippen LogP contribution is 2.30. The lowest BCUT2D eigenvalue weighted by Crippen LogP contribution is -2.28. The lowest BCUT2D eigenvalue weighted by atomic mass is 9.88. The Balaban J connectivity index is 2.14. The minimum absolute atomic E-state index is 0.622. The van der Waals surface area contributed by atoms with Crippen molar-refractivity contribution in [2.75, 3.05) is 13.1 Å². The largest absolute Gasteiger partial charge is 0.316 e. The first-order valence-corrected chi connectivity index (χ1v) is 6.81. The molecule has 1 saturated heterocycles. The minimum atomic E-state index is 0.622. The van der Waals surface area contributed by atoms with Crippen LogP contribution in [0, 0.1) is 13.8 Å². The van der Waals surface area contributed by atoms with E-state index in [2.05, 4.69) is 42.3 Å². The molecule has 0 bridgehead atoms. The summed E-state index contributed by atoms with van der Waals surface area (Å²) >= 11 is 0. The molecule has 18 heavy (non-hydrogen) atoms. The number of rotatable bonds is 1. The number of nitrogens with zero attached hydrogens (tertiary/aromatic N) is 1. The third-order valence-electron chi connectivity index (χ3n) is 3.83. The average Bonchev–Trinajstić information content (AvgIpc) is 2.38. The molecular weight excluding hydrogens is 220 g/mol. The summed E-state index contributed by atoms with van der Waals surface area (Å²) in [5.41, 5.74) is 5.20. The van der Waals surface area contributed by atoms with Crippen LogP contribution in [0.2, 0.25) is 0 Å². The van der Waals surface area contributed by atoms with Gasteiger partial charge in [-0.3, -0.25) is 4.98 Å². The summed E-state index contributed by atoms with van der Waals surface area (Å²) in [6.07, 6.45) is 4.53. The van der Waals surface area contributed by atoms with E-state index in [4.69, 9.17) is 0 Å². The Morgan fingerprint density at radius 3 is 2.78 bits per heavy atom. The third-order valence-corrected chi connectivity index (χ3v) is 3.83. The summed E-state index contributed by atoms with van der Waals surface area (Å²) in [4.78, 5) is 4.67. The molecule has 1 unspecified atom stereocenters. The fourth-order valence-electron chi connectivity index (χ4n) is 2.97. The first-order chi connectivity index (χ1) is 8.74. The molecule has 1 aliphatic rings. The monoisotopic (exact) mass is 240 g/mol. The molecule has 1 aliphatic heterocycles. The van der Waals surface area contributed by atoms with Gasteiger partial charge in [0.15, 0.2) is 0 Å². The molecular formula is C16H20N2. The molecule has 1 aromatic heterocycles. The van der Waals surface area contributed by atoms with E-state index < -0.39 is 0 Å². The number of piperidine rings is 1. The molecule has 0 radical (unpaired) electrons. The van der Waals surface area contributed by atoms with Crippen LogP contribution in [-0.2, 0) is 0 Å². The van der Waals surface area contributed by atoms with Crippen LogP contribution in [-0.4, -0.2) is 18.1 Å². The fourth-order valence-corrected chi connectivity index (χ4v) is 2.97. The number of pyridine rings is 1. The van der Waals surface area contributed by atoms with Crippen molar-refractivity contribution in [3.05, 3.63) is 41.1 Å². The van der Waals surface area contributed by atoms with Gasteiger partial charge in [0.25, 0.3) is 0 Å². The second-order valence-electron chi connectivity index (χ2n) is 5.48. The zero-order valence-electron chi connectivity index (χ0n) is 11.2. The normalized spacial score (nSPS) is 20.2. The second-order valence-corrected chi connectivity index (χ2v) is 5.48. The van der Waals surface area contributed by atoms with E-state index >= 15 is 0 Å². The average molecular weight is 240 g/mol. The molecule has 2 aromatic rings. The van der Waals surface area contributed by atoms with E-state index in [1.165, 1.54) is 40.4 Å². The van der Waals surface area contributed by atoms with Crippen molar-refractivity contribution in [2.24, 2.45) is 0 Å². The minimum Gasteiger partial charge on any atom is -0.316 e. The summed E-state index contributed by atoms with van der Waals surface area (Å²) < 4.78 is 0. The summed E-state index contributed by atoms with van der Waals surface area (Å²) in [7, 11) is 0. The van der Waals surface area contributed by atoms with Crippen molar-refractivity contribution >= 4 is 10.9 Å². The number of aromatic nitrogens is 1. The first kappa shape index (κ1) is 11.7. The van der Waals surface area contributed by atoms with Crippen molar-refractivity contribution in [3.63, 3.8) is 0 Å². The number of fused-ring (bicyclic) bond motifs is 1. The van der Waals surface area contributed by atoms with E-state index in [1.54, 1.807) is 0 Å². The standard InChI is InChI=1S/C16H20N2/c1-11-6-14-7-12(2)9-18-16(14)15(8-11)13-4-3-5-17-10-13/h6-9,13,17H,3-5,10H2,1-2H3. The lowest BCUT2D eigenvalue weighted by molar-refractivity contribution is 0.463. The molecule has 2 heterocycles. The van der Waals surface area contributed by atoms with Crippen molar-refractivity contribution in [1.82, 2.24) is 10.3 Å². The van der Waals surface area contributed by atoms with E-state index in [-0.39, 0.29) is 0 Å². The predicted molar refractivity (Wildman–Crippen MR) is 76.1 cm³/mol. The van der Waals surface area contributed by atoms with Crippen LogP contribution in [0.1, 0.15) is 35.4 Å². The molecule has 0 aliphatic carbocycles. The van der Waals surface area contributed by atoms with Gasteiger partial charge in [-0.2, -0.15) is 0 Å². The number of hydrogen-bond donors (Lipinski definition) is 1. The van der Waals surface area contributed by atoms with Crippen molar-refractivity contribution < 1.29 is 0 Å². The predicted octanol–water partition coefficient (Wildman–Crippen LogP) is 3.32. The van der Waals surface area contributed by atoms with Gasteiger partial charge in [0, 0.05) is 18.1 Å². The molecule has 1 atom stereocenters. The Bertz CT molecular complexity index is 563. The zero-order valence-corrected chi connectivity index (χ0v) is 11.2. The maximum absolute atomic E-state index is 4.67. The first-order valence-electron chi connectivity index (χ1n) is 6.81. The second kappa shape index (κ2) is 4.69. The molecule has 2 nitrogen and oxygen atoms in total. The Kier molecular flexibility index (Phi) is 3.04. The van der Waals surface area contributed by atoms with E-state index in [9.17, 15) is 0 Å². The van der Waals surface area contributed by atoms with Crippen LogP contribution >= 0.6 is 0 Å². The molecule has 1 N–H and O–H groups in total. The highest BCUT2D eigenvalue weighted by atomic mass is 14.9. The number of hydrogen-bond acceptors (Lipinski definition) is 2. The van der Waals surface area contributed by atoms with Gasteiger partial charge in [-0.15, -0.1) is 0 Å². The Labute approximate surface area is 108 Å². The molecule has 0 amide bonds. The summed E-state index contributed by atoms with van der Waals surface area (Å²) in [6.45, 7) is 6.54. The van der Waals surface area contributed by atoms with Gasteiger partial charge in [-0.05, 0) is 62.4 Å². The van der Waals surface area contributed by atoms with Crippen molar-refractivity contribution in [1.29, 1.82) is 0 Å². The third kappa shape index (κ3) is 2.13. The van der Waals surface area contributed by atoms with Crippen LogP contribution in [0.3, 0.4) is 0 Å². The van der Waals surface area contributed by atoms with Gasteiger partial charge in [0.1, 0.15) is 0 Å². The molecule has 0 spiro atoms. The topological polar surface area (TPSA) is 24.9 Å². The Hall–Kier alpha value is -1.41. The fraction of sp³-hybridized carbons (Fsp3) is 0.438. The highest BCUT2D eigenvalue weighted by Gasteiger charge is 2.18. The highest BCUT2D eigenvalue weighted by molar-refractivity contribution is 5.83. The Morgan fingerprint density at radius 2 is 2.00 bits per heavy atom. The van der Waals surface area contributed by atoms with Gasteiger partial charge in [-0.25, -0.2) is 0 Å². The van der Waals surface area contributed by atoms with Gasteiger partial charge >= 0.3 is 0 Å². The van der Waals surface area contributed by atoms with Gasteiger partial charge in [0.05, 0.1) is 5.52 Å². The van der Waals surface area contributed by atoms with Crippen LogP contribution in [0.4, 0.5) is 0 Å². The summed E-state index contributed by atoms with van der Waals surface area (Å²) in [6, 6.07) is 6.81. The van der Waals surface area contributed by atoms with Gasteiger partial charge in [0.2, 0.25) is 0 Å². The van der Waals surface area contributed by atoms with E-state index in [0.717, 1.165) is 13.1 Å². The van der Waals surface area contributed by atoms with E-state index in [0.29, 0.717) is 5.92 Å². The van der Waals surface area contributed by atoms with Crippen LogP contribution in [0.25, 0.3) is 10.9 Å². The van der Waals surface area contributed by atoms with Crippen LogP contribution < -0.4 is 5.32 Å². The quantitative estimate of drug-likeness (QED) is 0.827. The molecule has 1 fully saturated rings. The number of benzene rings is 1. The van der Waals surface area contributed by atoms with Crippen LogP contribution in [0.5, 0.6) is 0 Å². The lowest BCUT2D eigenvalue weighted by Gasteiger charge is -2.24. The van der Waals surface area contributed by atoms with Gasteiger partial charge < -0.3 is 5.32 Å². The Morgan fingerprint density at radius 1 is 1.17 bits per heavy atom. The summed E-state index contributed by atoms with van der Waals surface area (Å²) in [5.74, 6) is 0.622.